The van der Waals surface area contributed by atoms with E-state index in [2.05, 4.69) is 18.2 Å². The molecule has 2 nitrogen and oxygen atoms in total. The van der Waals surface area contributed by atoms with E-state index in [9.17, 15) is 0 Å². The lowest BCUT2D eigenvalue weighted by molar-refractivity contribution is 0.357. The Labute approximate surface area is 128 Å². The van der Waals surface area contributed by atoms with Crippen LogP contribution < -0.4 is 10.5 Å². The second-order valence-corrected chi connectivity index (χ2v) is 6.37. The normalized spacial score (nSPS) is 13.1. The predicted octanol–water partition coefficient (Wildman–Crippen LogP) is 4.19. The zero-order valence-corrected chi connectivity index (χ0v) is 12.6. The van der Waals surface area contributed by atoms with Crippen molar-refractivity contribution in [3.05, 3.63) is 52.5 Å². The van der Waals surface area contributed by atoms with Crippen LogP contribution in [0.4, 0.5) is 5.69 Å². The standard InChI is InChI=1S/C16H16ClNOS/c17-14-3-2-13(18)10-16(14)20-8-6-11-1-4-15-12(9-11)5-7-19-15/h1-4,9-10H,5-8,18H2. The van der Waals surface area contributed by atoms with Crippen LogP contribution >= 0.6 is 23.4 Å². The molecule has 0 aliphatic carbocycles. The summed E-state index contributed by atoms with van der Waals surface area (Å²) in [6.45, 7) is 0.812. The second kappa shape index (κ2) is 5.98. The minimum Gasteiger partial charge on any atom is -0.493 e. The molecule has 0 fully saturated rings. The lowest BCUT2D eigenvalue weighted by Gasteiger charge is -2.06. The first-order valence-corrected chi connectivity index (χ1v) is 8.01. The molecule has 0 amide bonds. The number of hydrogen-bond donors (Lipinski definition) is 1. The Morgan fingerprint density at radius 2 is 2.10 bits per heavy atom. The van der Waals surface area contributed by atoms with Gasteiger partial charge in [-0.3, -0.25) is 0 Å². The Hall–Kier alpha value is -1.32. The van der Waals surface area contributed by atoms with Crippen LogP contribution in [0.5, 0.6) is 5.75 Å². The molecule has 1 aliphatic heterocycles. The van der Waals surface area contributed by atoms with Crippen molar-refractivity contribution in [2.75, 3.05) is 18.1 Å². The number of thioether (sulfide) groups is 1. The molecule has 4 heteroatoms. The molecule has 0 unspecified atom stereocenters. The van der Waals surface area contributed by atoms with Crippen LogP contribution in [0.2, 0.25) is 5.02 Å². The molecule has 0 aromatic heterocycles. The molecule has 3 rings (SSSR count). The van der Waals surface area contributed by atoms with Crippen molar-refractivity contribution in [1.82, 2.24) is 0 Å². The van der Waals surface area contributed by atoms with Crippen molar-refractivity contribution in [1.29, 1.82) is 0 Å². The first-order valence-electron chi connectivity index (χ1n) is 6.65. The SMILES string of the molecule is Nc1ccc(Cl)c(SCCc2ccc3c(c2)CCO3)c1. The molecule has 0 bridgehead atoms. The van der Waals surface area contributed by atoms with Gasteiger partial charge >= 0.3 is 0 Å². The fraction of sp³-hybridized carbons (Fsp3) is 0.250. The molecule has 0 atom stereocenters. The summed E-state index contributed by atoms with van der Waals surface area (Å²) < 4.78 is 5.52. The van der Waals surface area contributed by atoms with Crippen molar-refractivity contribution in [3.63, 3.8) is 0 Å². The van der Waals surface area contributed by atoms with Crippen LogP contribution in [0, 0.1) is 0 Å². The summed E-state index contributed by atoms with van der Waals surface area (Å²) in [6, 6.07) is 12.1. The fourth-order valence-electron chi connectivity index (χ4n) is 2.30. The van der Waals surface area contributed by atoms with E-state index in [0.29, 0.717) is 0 Å². The summed E-state index contributed by atoms with van der Waals surface area (Å²) in [6.07, 6.45) is 2.04. The Bertz CT molecular complexity index is 630. The first kappa shape index (κ1) is 13.7. The Balaban J connectivity index is 1.61. The lowest BCUT2D eigenvalue weighted by atomic mass is 10.1. The summed E-state index contributed by atoms with van der Waals surface area (Å²) in [7, 11) is 0. The van der Waals surface area contributed by atoms with Gasteiger partial charge in [0, 0.05) is 22.8 Å². The zero-order valence-electron chi connectivity index (χ0n) is 11.1. The average Bonchev–Trinajstić information content (AvgIpc) is 2.90. The highest BCUT2D eigenvalue weighted by molar-refractivity contribution is 7.99. The third-order valence-electron chi connectivity index (χ3n) is 3.36. The molecule has 1 heterocycles. The molecular formula is C16H16ClNOS. The number of nitrogens with two attached hydrogens (primary N) is 1. The second-order valence-electron chi connectivity index (χ2n) is 4.83. The number of aryl methyl sites for hydroxylation is 1. The van der Waals surface area contributed by atoms with Crippen LogP contribution in [0.15, 0.2) is 41.3 Å². The largest absolute Gasteiger partial charge is 0.493 e. The quantitative estimate of drug-likeness (QED) is 0.679. The van der Waals surface area contributed by atoms with E-state index >= 15 is 0 Å². The Morgan fingerprint density at radius 1 is 1.20 bits per heavy atom. The van der Waals surface area contributed by atoms with Crippen molar-refractivity contribution >= 4 is 29.1 Å². The first-order chi connectivity index (χ1) is 9.72. The van der Waals surface area contributed by atoms with Crippen molar-refractivity contribution < 1.29 is 4.74 Å². The van der Waals surface area contributed by atoms with Gasteiger partial charge in [0.2, 0.25) is 0 Å². The average molecular weight is 306 g/mol. The molecule has 0 saturated heterocycles. The molecule has 104 valence electrons. The van der Waals surface area contributed by atoms with Gasteiger partial charge in [-0.1, -0.05) is 23.7 Å². The molecule has 0 spiro atoms. The van der Waals surface area contributed by atoms with Crippen LogP contribution in [0.1, 0.15) is 11.1 Å². The van der Waals surface area contributed by atoms with Crippen molar-refractivity contribution in [2.45, 2.75) is 17.7 Å². The Morgan fingerprint density at radius 3 is 3.00 bits per heavy atom. The van der Waals surface area contributed by atoms with Gasteiger partial charge in [-0.25, -0.2) is 0 Å². The van der Waals surface area contributed by atoms with Gasteiger partial charge in [-0.2, -0.15) is 0 Å². The Kier molecular flexibility index (Phi) is 4.08. The van der Waals surface area contributed by atoms with Crippen molar-refractivity contribution in [2.24, 2.45) is 0 Å². The van der Waals surface area contributed by atoms with Gasteiger partial charge in [0.15, 0.2) is 0 Å². The molecule has 0 saturated carbocycles. The summed E-state index contributed by atoms with van der Waals surface area (Å²) in [5, 5.41) is 0.770. The van der Waals surface area contributed by atoms with Crippen molar-refractivity contribution in [3.8, 4) is 5.75 Å². The lowest BCUT2D eigenvalue weighted by Crippen LogP contribution is -1.91. The van der Waals surface area contributed by atoms with E-state index < -0.39 is 0 Å². The van der Waals surface area contributed by atoms with E-state index in [1.807, 2.05) is 18.2 Å². The van der Waals surface area contributed by atoms with Gasteiger partial charge in [-0.15, -0.1) is 11.8 Å². The molecule has 2 aromatic rings. The number of rotatable bonds is 4. The summed E-state index contributed by atoms with van der Waals surface area (Å²) in [5.41, 5.74) is 9.22. The van der Waals surface area contributed by atoms with E-state index in [1.54, 1.807) is 11.8 Å². The monoisotopic (exact) mass is 305 g/mol. The van der Waals surface area contributed by atoms with E-state index in [4.69, 9.17) is 22.1 Å². The number of ether oxygens (including phenoxy) is 1. The number of anilines is 1. The maximum Gasteiger partial charge on any atom is 0.122 e. The van der Waals surface area contributed by atoms with Crippen LogP contribution in [0.3, 0.4) is 0 Å². The number of hydrogen-bond acceptors (Lipinski definition) is 3. The fourth-order valence-corrected chi connectivity index (χ4v) is 3.57. The maximum absolute atomic E-state index is 6.16. The van der Waals surface area contributed by atoms with E-state index in [0.717, 1.165) is 46.6 Å². The highest BCUT2D eigenvalue weighted by atomic mass is 35.5. The molecular weight excluding hydrogens is 290 g/mol. The summed E-state index contributed by atoms with van der Waals surface area (Å²) in [5.74, 6) is 2.03. The number of nitrogen functional groups attached to an aromatic ring is 1. The topological polar surface area (TPSA) is 35.2 Å². The molecule has 20 heavy (non-hydrogen) atoms. The number of benzene rings is 2. The third kappa shape index (κ3) is 3.05. The smallest absolute Gasteiger partial charge is 0.122 e. The van der Waals surface area contributed by atoms with E-state index in [-0.39, 0.29) is 0 Å². The molecule has 2 aromatic carbocycles. The van der Waals surface area contributed by atoms with Gasteiger partial charge in [0.25, 0.3) is 0 Å². The van der Waals surface area contributed by atoms with Crippen LogP contribution in [-0.4, -0.2) is 12.4 Å². The minimum atomic E-state index is 0.756. The van der Waals surface area contributed by atoms with Crippen LogP contribution in [0.25, 0.3) is 0 Å². The highest BCUT2D eigenvalue weighted by Gasteiger charge is 2.11. The molecule has 0 radical (unpaired) electrons. The molecule has 2 N–H and O–H groups in total. The van der Waals surface area contributed by atoms with Gasteiger partial charge in [-0.05, 0) is 41.8 Å². The van der Waals surface area contributed by atoms with E-state index in [1.165, 1.54) is 11.1 Å². The summed E-state index contributed by atoms with van der Waals surface area (Å²) in [4.78, 5) is 1.05. The van der Waals surface area contributed by atoms with Gasteiger partial charge in [0.1, 0.15) is 5.75 Å². The summed E-state index contributed by atoms with van der Waals surface area (Å²) >= 11 is 7.91. The third-order valence-corrected chi connectivity index (χ3v) is 4.86. The van der Waals surface area contributed by atoms with Crippen LogP contribution in [-0.2, 0) is 12.8 Å². The molecule has 1 aliphatic rings. The zero-order chi connectivity index (χ0) is 13.9. The van der Waals surface area contributed by atoms with Gasteiger partial charge < -0.3 is 10.5 Å². The minimum absolute atomic E-state index is 0.756. The highest BCUT2D eigenvalue weighted by Crippen LogP contribution is 2.30. The maximum atomic E-state index is 6.16. The predicted molar refractivity (Wildman–Crippen MR) is 85.9 cm³/mol. The van der Waals surface area contributed by atoms with Gasteiger partial charge in [0.05, 0.1) is 11.6 Å². The number of halogens is 1. The number of fused-ring (bicyclic) bond motifs is 1.